The molecule has 1 amide bonds. The minimum Gasteiger partial charge on any atom is -0.339 e. The average molecular weight is 364 g/mol. The first kappa shape index (κ1) is 19.4. The molecule has 25 heavy (non-hydrogen) atoms. The Morgan fingerprint density at radius 1 is 1.24 bits per heavy atom. The highest BCUT2D eigenvalue weighted by molar-refractivity contribution is 6.30. The zero-order chi connectivity index (χ0) is 18.4. The average Bonchev–Trinajstić information content (AvgIpc) is 3.03. The lowest BCUT2D eigenvalue weighted by atomic mass is 10.1. The van der Waals surface area contributed by atoms with Gasteiger partial charge in [-0.05, 0) is 43.5 Å². The molecule has 0 spiro atoms. The van der Waals surface area contributed by atoms with E-state index in [0.29, 0.717) is 42.0 Å². The molecule has 2 aromatic rings. The zero-order valence-corrected chi connectivity index (χ0v) is 16.1. The molecule has 1 aromatic carbocycles. The normalized spacial score (nSPS) is 12.4. The zero-order valence-electron chi connectivity index (χ0n) is 15.3. The maximum absolute atomic E-state index is 12.5. The third-order valence-electron chi connectivity index (χ3n) is 4.16. The van der Waals surface area contributed by atoms with Crippen molar-refractivity contribution in [1.29, 1.82) is 0 Å². The highest BCUT2D eigenvalue weighted by Gasteiger charge is 2.20. The largest absolute Gasteiger partial charge is 0.339 e. The molecule has 5 nitrogen and oxygen atoms in total. The van der Waals surface area contributed by atoms with Gasteiger partial charge in [-0.2, -0.15) is 4.98 Å². The van der Waals surface area contributed by atoms with Crippen molar-refractivity contribution in [2.75, 3.05) is 6.54 Å². The van der Waals surface area contributed by atoms with Crippen molar-refractivity contribution in [2.24, 2.45) is 5.92 Å². The number of carbonyl (C=O) groups excluding carboxylic acids is 1. The fourth-order valence-electron chi connectivity index (χ4n) is 2.57. The van der Waals surface area contributed by atoms with E-state index in [1.54, 1.807) is 12.1 Å². The Morgan fingerprint density at radius 3 is 2.52 bits per heavy atom. The van der Waals surface area contributed by atoms with E-state index in [1.165, 1.54) is 0 Å². The van der Waals surface area contributed by atoms with Crippen LogP contribution in [-0.4, -0.2) is 33.5 Å². The Kier molecular flexibility index (Phi) is 7.00. The standard InChI is InChI=1S/C19H26ClN3O2/c1-5-14(4)23(18(24)12-13(2)3)11-10-17-21-19(22-25-17)15-6-8-16(20)9-7-15/h6-9,13-14H,5,10-12H2,1-4H3/t14-/m1/s1. The first-order valence-corrected chi connectivity index (χ1v) is 9.16. The summed E-state index contributed by atoms with van der Waals surface area (Å²) in [6.45, 7) is 8.87. The van der Waals surface area contributed by atoms with Gasteiger partial charge in [0.25, 0.3) is 0 Å². The van der Waals surface area contributed by atoms with Crippen LogP contribution in [0, 0.1) is 5.92 Å². The second-order valence-corrected chi connectivity index (χ2v) is 7.15. The lowest BCUT2D eigenvalue weighted by Crippen LogP contribution is -2.40. The molecular weight excluding hydrogens is 338 g/mol. The van der Waals surface area contributed by atoms with Crippen LogP contribution < -0.4 is 0 Å². The smallest absolute Gasteiger partial charge is 0.228 e. The van der Waals surface area contributed by atoms with E-state index in [4.69, 9.17) is 16.1 Å². The van der Waals surface area contributed by atoms with Gasteiger partial charge in [0.1, 0.15) is 0 Å². The van der Waals surface area contributed by atoms with Crippen molar-refractivity contribution < 1.29 is 9.32 Å². The summed E-state index contributed by atoms with van der Waals surface area (Å²) >= 11 is 5.90. The Morgan fingerprint density at radius 2 is 1.92 bits per heavy atom. The van der Waals surface area contributed by atoms with Crippen LogP contribution in [0.15, 0.2) is 28.8 Å². The van der Waals surface area contributed by atoms with E-state index < -0.39 is 0 Å². The number of benzene rings is 1. The summed E-state index contributed by atoms with van der Waals surface area (Å²) in [6, 6.07) is 7.50. The fourth-order valence-corrected chi connectivity index (χ4v) is 2.69. The van der Waals surface area contributed by atoms with E-state index in [9.17, 15) is 4.79 Å². The third kappa shape index (κ3) is 5.56. The lowest BCUT2D eigenvalue weighted by molar-refractivity contribution is -0.134. The first-order valence-electron chi connectivity index (χ1n) is 8.78. The van der Waals surface area contributed by atoms with Gasteiger partial charge in [-0.1, -0.05) is 37.5 Å². The van der Waals surface area contributed by atoms with Crippen molar-refractivity contribution in [2.45, 2.75) is 53.0 Å². The van der Waals surface area contributed by atoms with Crippen molar-refractivity contribution in [3.63, 3.8) is 0 Å². The molecule has 0 aliphatic carbocycles. The minimum atomic E-state index is 0.182. The van der Waals surface area contributed by atoms with Gasteiger partial charge in [0.05, 0.1) is 0 Å². The van der Waals surface area contributed by atoms with Crippen LogP contribution in [-0.2, 0) is 11.2 Å². The van der Waals surface area contributed by atoms with Crippen molar-refractivity contribution in [3.8, 4) is 11.4 Å². The molecule has 2 rings (SSSR count). The Labute approximate surface area is 154 Å². The van der Waals surface area contributed by atoms with Crippen LogP contribution in [0.3, 0.4) is 0 Å². The number of aromatic nitrogens is 2. The highest BCUT2D eigenvalue weighted by atomic mass is 35.5. The van der Waals surface area contributed by atoms with E-state index in [0.717, 1.165) is 12.0 Å². The second kappa shape index (κ2) is 8.99. The topological polar surface area (TPSA) is 59.2 Å². The fraction of sp³-hybridized carbons (Fsp3) is 0.526. The molecule has 0 N–H and O–H groups in total. The molecule has 0 aliphatic heterocycles. The van der Waals surface area contributed by atoms with Crippen LogP contribution in [0.4, 0.5) is 0 Å². The van der Waals surface area contributed by atoms with Gasteiger partial charge in [0.15, 0.2) is 0 Å². The molecule has 1 heterocycles. The van der Waals surface area contributed by atoms with E-state index in [2.05, 4.69) is 37.8 Å². The number of rotatable bonds is 8. The summed E-state index contributed by atoms with van der Waals surface area (Å²) in [4.78, 5) is 18.8. The van der Waals surface area contributed by atoms with Crippen LogP contribution >= 0.6 is 11.6 Å². The maximum Gasteiger partial charge on any atom is 0.228 e. The van der Waals surface area contributed by atoms with Gasteiger partial charge in [0.2, 0.25) is 17.6 Å². The molecule has 0 aliphatic rings. The lowest BCUT2D eigenvalue weighted by Gasteiger charge is -2.29. The highest BCUT2D eigenvalue weighted by Crippen LogP contribution is 2.19. The number of hydrogen-bond donors (Lipinski definition) is 0. The molecule has 0 unspecified atom stereocenters. The molecule has 0 saturated carbocycles. The van der Waals surface area contributed by atoms with Crippen molar-refractivity contribution >= 4 is 17.5 Å². The monoisotopic (exact) mass is 363 g/mol. The summed E-state index contributed by atoms with van der Waals surface area (Å²) in [5.41, 5.74) is 0.856. The van der Waals surface area contributed by atoms with Crippen LogP contribution in [0.2, 0.25) is 5.02 Å². The molecule has 0 radical (unpaired) electrons. The molecule has 1 atom stereocenters. The van der Waals surface area contributed by atoms with Gasteiger partial charge in [-0.3, -0.25) is 4.79 Å². The van der Waals surface area contributed by atoms with Gasteiger partial charge in [-0.25, -0.2) is 0 Å². The van der Waals surface area contributed by atoms with E-state index >= 15 is 0 Å². The molecule has 0 fully saturated rings. The second-order valence-electron chi connectivity index (χ2n) is 6.71. The first-order chi connectivity index (χ1) is 11.9. The number of halogens is 1. The molecule has 136 valence electrons. The van der Waals surface area contributed by atoms with Crippen molar-refractivity contribution in [1.82, 2.24) is 15.0 Å². The molecule has 0 bridgehead atoms. The molecule has 6 heteroatoms. The van der Waals surface area contributed by atoms with Crippen LogP contribution in [0.25, 0.3) is 11.4 Å². The third-order valence-corrected chi connectivity index (χ3v) is 4.42. The Bertz CT molecular complexity index is 682. The van der Waals surface area contributed by atoms with Gasteiger partial charge >= 0.3 is 0 Å². The van der Waals surface area contributed by atoms with Gasteiger partial charge in [0, 0.05) is 36.0 Å². The Balaban J connectivity index is 2.02. The predicted molar refractivity (Wildman–Crippen MR) is 99.4 cm³/mol. The molecule has 1 aromatic heterocycles. The van der Waals surface area contributed by atoms with Crippen LogP contribution in [0.1, 0.15) is 46.4 Å². The Hall–Kier alpha value is -1.88. The predicted octanol–water partition coefficient (Wildman–Crippen LogP) is 4.61. The van der Waals surface area contributed by atoms with E-state index in [-0.39, 0.29) is 11.9 Å². The summed E-state index contributed by atoms with van der Waals surface area (Å²) in [5, 5.41) is 4.69. The maximum atomic E-state index is 12.5. The minimum absolute atomic E-state index is 0.182. The van der Waals surface area contributed by atoms with E-state index in [1.807, 2.05) is 17.0 Å². The quantitative estimate of drug-likeness (QED) is 0.687. The summed E-state index contributed by atoms with van der Waals surface area (Å²) in [6.07, 6.45) is 2.03. The van der Waals surface area contributed by atoms with Crippen molar-refractivity contribution in [3.05, 3.63) is 35.2 Å². The van der Waals surface area contributed by atoms with Crippen LogP contribution in [0.5, 0.6) is 0 Å². The summed E-state index contributed by atoms with van der Waals surface area (Å²) in [5.74, 6) is 1.60. The van der Waals surface area contributed by atoms with Gasteiger partial charge in [-0.15, -0.1) is 0 Å². The summed E-state index contributed by atoms with van der Waals surface area (Å²) in [7, 11) is 0. The van der Waals surface area contributed by atoms with Gasteiger partial charge < -0.3 is 9.42 Å². The molecule has 0 saturated heterocycles. The summed E-state index contributed by atoms with van der Waals surface area (Å²) < 4.78 is 5.34. The molecular formula is C19H26ClN3O2. The number of hydrogen-bond acceptors (Lipinski definition) is 4. The number of amides is 1. The number of nitrogens with zero attached hydrogens (tertiary/aromatic N) is 3. The number of carbonyl (C=O) groups is 1. The SMILES string of the molecule is CC[C@@H](C)N(CCc1nc(-c2ccc(Cl)cc2)no1)C(=O)CC(C)C.